The van der Waals surface area contributed by atoms with Gasteiger partial charge in [0.25, 0.3) is 0 Å². The Kier molecular flexibility index (Phi) is 5.41. The van der Waals surface area contributed by atoms with E-state index in [-0.39, 0.29) is 0 Å². The van der Waals surface area contributed by atoms with Gasteiger partial charge >= 0.3 is 0 Å². The fourth-order valence-corrected chi connectivity index (χ4v) is 5.59. The summed E-state index contributed by atoms with van der Waals surface area (Å²) < 4.78 is 0. The van der Waals surface area contributed by atoms with Crippen LogP contribution in [0.4, 0.5) is 0 Å². The highest BCUT2D eigenvalue weighted by Gasteiger charge is 2.49. The highest BCUT2D eigenvalue weighted by molar-refractivity contribution is 5.03. The van der Waals surface area contributed by atoms with Gasteiger partial charge in [-0.15, -0.1) is 0 Å². The molecule has 124 valence electrons. The molecule has 2 heteroatoms. The van der Waals surface area contributed by atoms with Crippen LogP contribution in [-0.2, 0) is 0 Å². The second-order valence-electron chi connectivity index (χ2n) is 8.59. The minimum atomic E-state index is 0.449. The maximum Gasteiger partial charge on any atom is 0.0175 e. The number of piperidine rings is 1. The van der Waals surface area contributed by atoms with Crippen molar-refractivity contribution in [2.24, 2.45) is 29.1 Å². The van der Waals surface area contributed by atoms with Gasteiger partial charge in [-0.1, -0.05) is 34.6 Å². The molecule has 2 bridgehead atoms. The quantitative estimate of drug-likeness (QED) is 0.827. The van der Waals surface area contributed by atoms with Gasteiger partial charge in [0, 0.05) is 12.1 Å². The van der Waals surface area contributed by atoms with Crippen molar-refractivity contribution in [1.29, 1.82) is 0 Å². The molecule has 2 saturated heterocycles. The number of hydrogen-bond acceptors (Lipinski definition) is 2. The third kappa shape index (κ3) is 3.17. The fourth-order valence-electron chi connectivity index (χ4n) is 5.59. The summed E-state index contributed by atoms with van der Waals surface area (Å²) in [4.78, 5) is 2.68. The molecule has 2 aliphatic heterocycles. The van der Waals surface area contributed by atoms with Crippen LogP contribution in [-0.4, -0.2) is 37.1 Å². The monoisotopic (exact) mass is 294 g/mol. The minimum Gasteiger partial charge on any atom is -0.314 e. The summed E-state index contributed by atoms with van der Waals surface area (Å²) in [6.45, 7) is 17.2. The number of hydrogen-bond donors (Lipinski definition) is 1. The molecule has 0 amide bonds. The van der Waals surface area contributed by atoms with Gasteiger partial charge in [-0.2, -0.15) is 0 Å². The number of fused-ring (bicyclic) bond motifs is 2. The van der Waals surface area contributed by atoms with E-state index in [0.717, 1.165) is 29.7 Å². The molecule has 2 aliphatic rings. The molecule has 6 atom stereocenters. The number of likely N-dealkylation sites (tertiary alicyclic amines) is 1. The molecule has 0 aromatic carbocycles. The first-order valence-electron chi connectivity index (χ1n) is 9.24. The number of nitrogens with one attached hydrogen (secondary N) is 1. The Balaban J connectivity index is 2.36. The van der Waals surface area contributed by atoms with Crippen molar-refractivity contribution in [3.8, 4) is 0 Å². The zero-order valence-corrected chi connectivity index (χ0v) is 15.4. The third-order valence-electron chi connectivity index (χ3n) is 7.01. The fraction of sp³-hybridized carbons (Fsp3) is 1.00. The Morgan fingerprint density at radius 1 is 1.29 bits per heavy atom. The Labute approximate surface area is 133 Å². The van der Waals surface area contributed by atoms with E-state index in [2.05, 4.69) is 58.8 Å². The molecule has 0 aromatic heterocycles. The predicted molar refractivity (Wildman–Crippen MR) is 92.5 cm³/mol. The predicted octanol–water partition coefficient (Wildman–Crippen LogP) is 4.01. The molecule has 0 aromatic rings. The zero-order chi connectivity index (χ0) is 15.8. The second-order valence-corrected chi connectivity index (χ2v) is 8.59. The lowest BCUT2D eigenvalue weighted by atomic mass is 9.60. The SMILES string of the molecule is CCC1(C)C2C(C)CC(C(C)C)CNC(C)[C@@H]1CCN2C. The molecule has 2 fully saturated rings. The lowest BCUT2D eigenvalue weighted by Gasteiger charge is -2.55. The highest BCUT2D eigenvalue weighted by Crippen LogP contribution is 2.48. The second kappa shape index (κ2) is 6.58. The molecule has 5 unspecified atom stereocenters. The van der Waals surface area contributed by atoms with Gasteiger partial charge in [0.2, 0.25) is 0 Å². The average molecular weight is 295 g/mol. The van der Waals surface area contributed by atoms with E-state index in [1.165, 1.54) is 32.4 Å². The maximum atomic E-state index is 3.92. The van der Waals surface area contributed by atoms with Crippen molar-refractivity contribution in [1.82, 2.24) is 10.2 Å². The van der Waals surface area contributed by atoms with E-state index in [9.17, 15) is 0 Å². The summed E-state index contributed by atoms with van der Waals surface area (Å²) >= 11 is 0. The molecule has 2 heterocycles. The van der Waals surface area contributed by atoms with E-state index in [4.69, 9.17) is 0 Å². The third-order valence-corrected chi connectivity index (χ3v) is 7.01. The van der Waals surface area contributed by atoms with Crippen LogP contribution < -0.4 is 5.32 Å². The summed E-state index contributed by atoms with van der Waals surface area (Å²) in [5, 5.41) is 3.92. The van der Waals surface area contributed by atoms with Crippen molar-refractivity contribution in [2.75, 3.05) is 20.1 Å². The van der Waals surface area contributed by atoms with Crippen LogP contribution >= 0.6 is 0 Å². The molecule has 2 rings (SSSR count). The van der Waals surface area contributed by atoms with Crippen molar-refractivity contribution in [2.45, 2.75) is 72.9 Å². The molecule has 1 N–H and O–H groups in total. The van der Waals surface area contributed by atoms with Crippen molar-refractivity contribution in [3.05, 3.63) is 0 Å². The minimum absolute atomic E-state index is 0.449. The molecule has 0 radical (unpaired) electrons. The molecule has 0 aliphatic carbocycles. The van der Waals surface area contributed by atoms with Crippen LogP contribution in [0.25, 0.3) is 0 Å². The Morgan fingerprint density at radius 3 is 2.52 bits per heavy atom. The van der Waals surface area contributed by atoms with Crippen LogP contribution in [0.1, 0.15) is 60.8 Å². The van der Waals surface area contributed by atoms with Gasteiger partial charge in [-0.25, -0.2) is 0 Å². The maximum absolute atomic E-state index is 3.92. The van der Waals surface area contributed by atoms with E-state index in [0.29, 0.717) is 11.5 Å². The van der Waals surface area contributed by atoms with Gasteiger partial charge in [-0.3, -0.25) is 0 Å². The van der Waals surface area contributed by atoms with Crippen LogP contribution in [0.3, 0.4) is 0 Å². The Hall–Kier alpha value is -0.0800. The summed E-state index contributed by atoms with van der Waals surface area (Å²) in [7, 11) is 2.37. The topological polar surface area (TPSA) is 15.3 Å². The van der Waals surface area contributed by atoms with E-state index in [1.807, 2.05) is 0 Å². The van der Waals surface area contributed by atoms with Crippen LogP contribution in [0.15, 0.2) is 0 Å². The molecule has 2 nitrogen and oxygen atoms in total. The van der Waals surface area contributed by atoms with E-state index in [1.54, 1.807) is 0 Å². The van der Waals surface area contributed by atoms with Crippen LogP contribution in [0, 0.1) is 29.1 Å². The molecule has 0 spiro atoms. The van der Waals surface area contributed by atoms with Gasteiger partial charge in [0.05, 0.1) is 0 Å². The number of rotatable bonds is 2. The van der Waals surface area contributed by atoms with E-state index >= 15 is 0 Å². The van der Waals surface area contributed by atoms with Crippen molar-refractivity contribution < 1.29 is 0 Å². The van der Waals surface area contributed by atoms with Crippen molar-refractivity contribution >= 4 is 0 Å². The first-order valence-corrected chi connectivity index (χ1v) is 9.24. The van der Waals surface area contributed by atoms with Gasteiger partial charge in [-0.05, 0) is 75.4 Å². The normalized spacial score (nSPS) is 46.0. The molecule has 21 heavy (non-hydrogen) atoms. The molecular weight excluding hydrogens is 256 g/mol. The zero-order valence-electron chi connectivity index (χ0n) is 15.4. The Morgan fingerprint density at radius 2 is 1.95 bits per heavy atom. The van der Waals surface area contributed by atoms with Crippen molar-refractivity contribution in [3.63, 3.8) is 0 Å². The van der Waals surface area contributed by atoms with Gasteiger partial charge in [0.15, 0.2) is 0 Å². The van der Waals surface area contributed by atoms with E-state index < -0.39 is 0 Å². The lowest BCUT2D eigenvalue weighted by molar-refractivity contribution is -0.0508. The largest absolute Gasteiger partial charge is 0.314 e. The van der Waals surface area contributed by atoms with Crippen LogP contribution in [0.5, 0.6) is 0 Å². The Bertz CT molecular complexity index is 340. The summed E-state index contributed by atoms with van der Waals surface area (Å²) in [5.74, 6) is 3.21. The summed E-state index contributed by atoms with van der Waals surface area (Å²) in [6, 6.07) is 1.39. The number of nitrogens with zero attached hydrogens (tertiary/aromatic N) is 1. The average Bonchev–Trinajstić information content (AvgIpc) is 2.43. The first kappa shape index (κ1) is 17.3. The van der Waals surface area contributed by atoms with Gasteiger partial charge < -0.3 is 10.2 Å². The summed E-state index contributed by atoms with van der Waals surface area (Å²) in [5.41, 5.74) is 0.449. The smallest absolute Gasteiger partial charge is 0.0175 e. The molecular formula is C19H38N2. The summed E-state index contributed by atoms with van der Waals surface area (Å²) in [6.07, 6.45) is 4.02. The first-order chi connectivity index (χ1) is 9.81. The molecule has 0 saturated carbocycles. The van der Waals surface area contributed by atoms with Gasteiger partial charge in [0.1, 0.15) is 0 Å². The highest BCUT2D eigenvalue weighted by atomic mass is 15.2. The standard InChI is InChI=1S/C19H38N2/c1-8-19(6)17-9-10-21(7)18(19)14(4)11-16(13(2)3)12-20-15(17)5/h13-18,20H,8-12H2,1-7H3/t14?,15?,16?,17-,18?,19?/m0/s1. The lowest BCUT2D eigenvalue weighted by Crippen LogP contribution is -2.59. The van der Waals surface area contributed by atoms with Crippen LogP contribution in [0.2, 0.25) is 0 Å².